The molecule has 4 atom stereocenters. The Kier molecular flexibility index (Phi) is 5.00. The molecule has 0 bridgehead atoms. The second kappa shape index (κ2) is 6.55. The standard InChI is InChI=1S/C11H16N2O6S/c1-20-5-18-9-6(4-14)19-10(8(9)16)13-3-2-7(15)12-11(13)17/h2-3,6,8-10,14,16H,4-5H2,1H3,(H,12,15,17)/t6-,8+,9?,10-/m1/s1. The summed E-state index contributed by atoms with van der Waals surface area (Å²) in [4.78, 5) is 24.8. The summed E-state index contributed by atoms with van der Waals surface area (Å²) in [6, 6.07) is 1.15. The van der Waals surface area contributed by atoms with Crippen LogP contribution in [0.5, 0.6) is 0 Å². The third-order valence-corrected chi connectivity index (χ3v) is 3.36. The first-order valence-electron chi connectivity index (χ1n) is 5.95. The van der Waals surface area contributed by atoms with Crippen molar-refractivity contribution in [2.24, 2.45) is 0 Å². The minimum absolute atomic E-state index is 0.328. The van der Waals surface area contributed by atoms with Crippen LogP contribution < -0.4 is 11.2 Å². The number of aliphatic hydroxyl groups is 2. The summed E-state index contributed by atoms with van der Waals surface area (Å²) >= 11 is 1.42. The van der Waals surface area contributed by atoms with E-state index in [0.717, 1.165) is 10.6 Å². The smallest absolute Gasteiger partial charge is 0.330 e. The van der Waals surface area contributed by atoms with Crippen LogP contribution in [0.15, 0.2) is 21.9 Å². The largest absolute Gasteiger partial charge is 0.394 e. The molecule has 1 aromatic rings. The van der Waals surface area contributed by atoms with E-state index in [1.54, 1.807) is 0 Å². The highest BCUT2D eigenvalue weighted by molar-refractivity contribution is 7.98. The van der Waals surface area contributed by atoms with Crippen molar-refractivity contribution in [3.05, 3.63) is 33.1 Å². The van der Waals surface area contributed by atoms with Crippen LogP contribution in [-0.4, -0.2) is 56.9 Å². The summed E-state index contributed by atoms with van der Waals surface area (Å²) in [5.74, 6) is 0.328. The fourth-order valence-electron chi connectivity index (χ4n) is 2.08. The van der Waals surface area contributed by atoms with Crippen LogP contribution >= 0.6 is 11.8 Å². The lowest BCUT2D eigenvalue weighted by molar-refractivity contribution is -0.0577. The molecule has 1 aromatic heterocycles. The number of ether oxygens (including phenoxy) is 2. The van der Waals surface area contributed by atoms with Crippen molar-refractivity contribution in [3.8, 4) is 0 Å². The van der Waals surface area contributed by atoms with Gasteiger partial charge in [0.15, 0.2) is 6.23 Å². The predicted molar refractivity (Wildman–Crippen MR) is 71.6 cm³/mol. The minimum atomic E-state index is -1.12. The molecule has 1 saturated heterocycles. The Labute approximate surface area is 118 Å². The fraction of sp³-hybridized carbons (Fsp3) is 0.636. The number of hydrogen-bond acceptors (Lipinski definition) is 7. The molecule has 0 amide bonds. The van der Waals surface area contributed by atoms with E-state index in [9.17, 15) is 19.8 Å². The number of rotatable bonds is 5. The molecule has 8 nitrogen and oxygen atoms in total. The first kappa shape index (κ1) is 15.3. The van der Waals surface area contributed by atoms with Crippen LogP contribution in [0.1, 0.15) is 6.23 Å². The molecule has 3 N–H and O–H groups in total. The second-order valence-electron chi connectivity index (χ2n) is 4.29. The van der Waals surface area contributed by atoms with Gasteiger partial charge >= 0.3 is 5.69 Å². The van der Waals surface area contributed by atoms with Gasteiger partial charge in [0.2, 0.25) is 0 Å². The van der Waals surface area contributed by atoms with Gasteiger partial charge in [0.05, 0.1) is 12.5 Å². The van der Waals surface area contributed by atoms with Gasteiger partial charge in [-0.1, -0.05) is 0 Å². The Hall–Kier alpha value is -1.13. The third-order valence-electron chi connectivity index (χ3n) is 2.99. The number of hydrogen-bond donors (Lipinski definition) is 3. The van der Waals surface area contributed by atoms with E-state index in [-0.39, 0.29) is 6.61 Å². The van der Waals surface area contributed by atoms with Crippen LogP contribution in [-0.2, 0) is 9.47 Å². The van der Waals surface area contributed by atoms with Gasteiger partial charge in [-0.3, -0.25) is 14.3 Å². The van der Waals surface area contributed by atoms with Crippen molar-refractivity contribution in [1.82, 2.24) is 9.55 Å². The van der Waals surface area contributed by atoms with Gasteiger partial charge in [-0.15, -0.1) is 11.8 Å². The molecule has 2 rings (SSSR count). The molecule has 1 unspecified atom stereocenters. The van der Waals surface area contributed by atoms with Crippen molar-refractivity contribution in [2.45, 2.75) is 24.5 Å². The summed E-state index contributed by atoms with van der Waals surface area (Å²) in [6.07, 6.45) is -0.538. The maximum Gasteiger partial charge on any atom is 0.330 e. The molecule has 20 heavy (non-hydrogen) atoms. The summed E-state index contributed by atoms with van der Waals surface area (Å²) in [5, 5.41) is 19.5. The Balaban J connectivity index is 2.25. The van der Waals surface area contributed by atoms with Gasteiger partial charge < -0.3 is 19.7 Å². The summed E-state index contributed by atoms with van der Waals surface area (Å²) in [6.45, 7) is -0.343. The van der Waals surface area contributed by atoms with Crippen LogP contribution in [0, 0.1) is 0 Å². The van der Waals surface area contributed by atoms with Crippen molar-refractivity contribution in [1.29, 1.82) is 0 Å². The number of aromatic amines is 1. The average molecular weight is 304 g/mol. The SMILES string of the molecule is CSCOC1[C@@H](CO)O[C@@H](n2ccc(=O)[nH]c2=O)[C@H]1O. The Morgan fingerprint density at radius 3 is 2.90 bits per heavy atom. The van der Waals surface area contributed by atoms with E-state index in [1.807, 2.05) is 6.26 Å². The first-order valence-corrected chi connectivity index (χ1v) is 7.34. The molecule has 1 aliphatic heterocycles. The molecule has 2 heterocycles. The molecule has 1 aliphatic rings. The van der Waals surface area contributed by atoms with Crippen molar-refractivity contribution >= 4 is 11.8 Å². The van der Waals surface area contributed by atoms with Crippen molar-refractivity contribution in [3.63, 3.8) is 0 Å². The molecule has 0 saturated carbocycles. The molecule has 0 aromatic carbocycles. The zero-order valence-corrected chi connectivity index (χ0v) is 11.6. The summed E-state index contributed by atoms with van der Waals surface area (Å²) < 4.78 is 11.9. The number of H-pyrrole nitrogens is 1. The number of nitrogens with zero attached hydrogens (tertiary/aromatic N) is 1. The van der Waals surface area contributed by atoms with E-state index >= 15 is 0 Å². The molecule has 1 fully saturated rings. The summed E-state index contributed by atoms with van der Waals surface area (Å²) in [7, 11) is 0. The number of aromatic nitrogens is 2. The maximum absolute atomic E-state index is 11.7. The number of nitrogens with one attached hydrogen (secondary N) is 1. The van der Waals surface area contributed by atoms with Gasteiger partial charge in [-0.2, -0.15) is 0 Å². The normalized spacial score (nSPS) is 29.8. The summed E-state index contributed by atoms with van der Waals surface area (Å²) in [5.41, 5.74) is -1.23. The van der Waals surface area contributed by atoms with E-state index in [1.165, 1.54) is 18.0 Å². The van der Waals surface area contributed by atoms with Crippen LogP contribution in [0.2, 0.25) is 0 Å². The lowest BCUT2D eigenvalue weighted by Gasteiger charge is -2.19. The van der Waals surface area contributed by atoms with E-state index in [0.29, 0.717) is 5.94 Å². The molecule has 0 radical (unpaired) electrons. The van der Waals surface area contributed by atoms with E-state index in [2.05, 4.69) is 4.98 Å². The van der Waals surface area contributed by atoms with Gasteiger partial charge in [-0.05, 0) is 6.26 Å². The zero-order chi connectivity index (χ0) is 14.7. The highest BCUT2D eigenvalue weighted by atomic mass is 32.2. The Morgan fingerprint density at radius 1 is 1.55 bits per heavy atom. The zero-order valence-electron chi connectivity index (χ0n) is 10.8. The van der Waals surface area contributed by atoms with E-state index in [4.69, 9.17) is 9.47 Å². The molecular formula is C11H16N2O6S. The predicted octanol–water partition coefficient (Wildman–Crippen LogP) is -1.51. The number of aliphatic hydroxyl groups excluding tert-OH is 2. The Morgan fingerprint density at radius 2 is 2.30 bits per heavy atom. The maximum atomic E-state index is 11.7. The topological polar surface area (TPSA) is 114 Å². The van der Waals surface area contributed by atoms with Crippen LogP contribution in [0.3, 0.4) is 0 Å². The van der Waals surface area contributed by atoms with E-state index < -0.39 is 35.8 Å². The van der Waals surface area contributed by atoms with Crippen molar-refractivity contribution in [2.75, 3.05) is 18.8 Å². The third kappa shape index (κ3) is 2.96. The Bertz CT molecular complexity index is 558. The van der Waals surface area contributed by atoms with Gasteiger partial charge in [-0.25, -0.2) is 4.79 Å². The first-order chi connectivity index (χ1) is 9.58. The molecule has 0 aliphatic carbocycles. The van der Waals surface area contributed by atoms with Gasteiger partial charge in [0.1, 0.15) is 18.3 Å². The van der Waals surface area contributed by atoms with Gasteiger partial charge in [0.25, 0.3) is 5.56 Å². The van der Waals surface area contributed by atoms with Crippen molar-refractivity contribution < 1.29 is 19.7 Å². The van der Waals surface area contributed by atoms with Crippen LogP contribution in [0.25, 0.3) is 0 Å². The average Bonchev–Trinajstić information content (AvgIpc) is 2.73. The quantitative estimate of drug-likeness (QED) is 0.567. The molecule has 0 spiro atoms. The molecule has 9 heteroatoms. The van der Waals surface area contributed by atoms with Crippen LogP contribution in [0.4, 0.5) is 0 Å². The lowest BCUT2D eigenvalue weighted by atomic mass is 10.1. The lowest BCUT2D eigenvalue weighted by Crippen LogP contribution is -2.39. The highest BCUT2D eigenvalue weighted by Crippen LogP contribution is 2.30. The highest BCUT2D eigenvalue weighted by Gasteiger charge is 2.45. The number of thioether (sulfide) groups is 1. The second-order valence-corrected chi connectivity index (χ2v) is 5.11. The van der Waals surface area contributed by atoms with Gasteiger partial charge in [0, 0.05) is 12.3 Å². The monoisotopic (exact) mass is 304 g/mol. The molecule has 112 valence electrons. The molecular weight excluding hydrogens is 288 g/mol. The minimum Gasteiger partial charge on any atom is -0.394 e. The fourth-order valence-corrected chi connectivity index (χ4v) is 2.37.